The molecule has 0 bridgehead atoms. The van der Waals surface area contributed by atoms with Gasteiger partial charge in [0.25, 0.3) is 0 Å². The number of Topliss-reactive ketones (excluding diaryl/α,β-unsaturated/α-hetero) is 1. The van der Waals surface area contributed by atoms with Crippen LogP contribution in [-0.4, -0.2) is 43.2 Å². The van der Waals surface area contributed by atoms with Crippen LogP contribution in [0.1, 0.15) is 45.6 Å². The van der Waals surface area contributed by atoms with Crippen molar-refractivity contribution >= 4 is 17.7 Å². The molecule has 0 fully saturated rings. The summed E-state index contributed by atoms with van der Waals surface area (Å²) >= 11 is 0. The summed E-state index contributed by atoms with van der Waals surface area (Å²) in [6.07, 6.45) is 0.0663. The highest BCUT2D eigenvalue weighted by molar-refractivity contribution is 6.12. The van der Waals surface area contributed by atoms with Crippen molar-refractivity contribution in [2.24, 2.45) is 11.8 Å². The zero-order valence-corrected chi connectivity index (χ0v) is 19.1. The van der Waals surface area contributed by atoms with Crippen molar-refractivity contribution in [3.63, 3.8) is 0 Å². The molecule has 32 heavy (non-hydrogen) atoms. The number of aromatic hydroxyl groups is 1. The molecule has 0 aromatic heterocycles. The predicted molar refractivity (Wildman–Crippen MR) is 116 cm³/mol. The van der Waals surface area contributed by atoms with Gasteiger partial charge in [0.1, 0.15) is 5.92 Å². The van der Waals surface area contributed by atoms with E-state index >= 15 is 0 Å². The number of carbonyl (C=O) groups is 3. The van der Waals surface area contributed by atoms with Gasteiger partial charge in [0.05, 0.1) is 25.9 Å². The number of nitrogens with one attached hydrogen (secondary N) is 1. The summed E-state index contributed by atoms with van der Waals surface area (Å²) in [5, 5.41) is 13.6. The van der Waals surface area contributed by atoms with E-state index in [0.717, 1.165) is 0 Å². The van der Waals surface area contributed by atoms with Crippen LogP contribution in [-0.2, 0) is 23.9 Å². The van der Waals surface area contributed by atoms with Crippen molar-refractivity contribution in [3.8, 4) is 11.5 Å². The molecule has 172 valence electrons. The van der Waals surface area contributed by atoms with Crippen molar-refractivity contribution in [1.82, 2.24) is 5.32 Å². The zero-order valence-electron chi connectivity index (χ0n) is 19.1. The number of ketones is 1. The Morgan fingerprint density at radius 1 is 1.22 bits per heavy atom. The average Bonchev–Trinajstić information content (AvgIpc) is 2.71. The predicted octanol–water partition coefficient (Wildman–Crippen LogP) is 2.97. The normalized spacial score (nSPS) is 23.0. The highest BCUT2D eigenvalue weighted by Gasteiger charge is 2.47. The molecule has 3 atom stereocenters. The van der Waals surface area contributed by atoms with Crippen LogP contribution < -0.4 is 10.1 Å². The fourth-order valence-corrected chi connectivity index (χ4v) is 4.45. The first-order valence-corrected chi connectivity index (χ1v) is 10.5. The maximum atomic E-state index is 13.6. The lowest BCUT2D eigenvalue weighted by Gasteiger charge is -2.38. The molecule has 1 aliphatic carbocycles. The first kappa shape index (κ1) is 23.4. The molecule has 1 heterocycles. The molecule has 2 aliphatic rings. The van der Waals surface area contributed by atoms with Gasteiger partial charge in [0, 0.05) is 22.9 Å². The summed E-state index contributed by atoms with van der Waals surface area (Å²) < 4.78 is 15.5. The summed E-state index contributed by atoms with van der Waals surface area (Å²) in [6.45, 7) is 7.05. The third-order valence-corrected chi connectivity index (χ3v) is 5.84. The molecule has 8 nitrogen and oxygen atoms in total. The monoisotopic (exact) mass is 443 g/mol. The van der Waals surface area contributed by atoms with Gasteiger partial charge < -0.3 is 24.6 Å². The highest BCUT2D eigenvalue weighted by atomic mass is 16.5. The van der Waals surface area contributed by atoms with E-state index in [2.05, 4.69) is 5.32 Å². The molecule has 3 rings (SSSR count). The van der Waals surface area contributed by atoms with Gasteiger partial charge in [-0.1, -0.05) is 13.0 Å². The lowest BCUT2D eigenvalue weighted by atomic mass is 9.69. The molecule has 0 radical (unpaired) electrons. The van der Waals surface area contributed by atoms with Gasteiger partial charge in [-0.3, -0.25) is 9.59 Å². The topological polar surface area (TPSA) is 111 Å². The van der Waals surface area contributed by atoms with E-state index in [1.54, 1.807) is 32.9 Å². The first-order valence-electron chi connectivity index (χ1n) is 10.5. The number of benzene rings is 1. The maximum Gasteiger partial charge on any atom is 0.337 e. The van der Waals surface area contributed by atoms with Gasteiger partial charge in [0.15, 0.2) is 17.3 Å². The fourth-order valence-electron chi connectivity index (χ4n) is 4.45. The fraction of sp³-hybridized carbons (Fsp3) is 0.458. The number of phenolic OH excluding ortho intramolecular Hbond substituents is 1. The number of phenols is 1. The van der Waals surface area contributed by atoms with Gasteiger partial charge in [-0.2, -0.15) is 0 Å². The van der Waals surface area contributed by atoms with Gasteiger partial charge in [-0.25, -0.2) is 4.79 Å². The van der Waals surface area contributed by atoms with Crippen LogP contribution in [0.25, 0.3) is 0 Å². The number of esters is 2. The summed E-state index contributed by atoms with van der Waals surface area (Å²) in [7, 11) is 2.68. The molecule has 0 unspecified atom stereocenters. The number of rotatable bonds is 5. The van der Waals surface area contributed by atoms with E-state index in [9.17, 15) is 19.5 Å². The Morgan fingerprint density at radius 3 is 2.47 bits per heavy atom. The Hall–Kier alpha value is -3.29. The van der Waals surface area contributed by atoms with Crippen molar-refractivity contribution in [2.75, 3.05) is 14.2 Å². The van der Waals surface area contributed by atoms with Crippen LogP contribution in [0.5, 0.6) is 11.5 Å². The van der Waals surface area contributed by atoms with Crippen LogP contribution in [0.4, 0.5) is 0 Å². The molecule has 1 aliphatic heterocycles. The van der Waals surface area contributed by atoms with E-state index < -0.39 is 29.6 Å². The van der Waals surface area contributed by atoms with Crippen LogP contribution in [0.3, 0.4) is 0 Å². The third kappa shape index (κ3) is 4.09. The Labute approximate surface area is 187 Å². The van der Waals surface area contributed by atoms with Crippen molar-refractivity contribution in [2.45, 2.75) is 46.1 Å². The van der Waals surface area contributed by atoms with Crippen molar-refractivity contribution in [3.05, 3.63) is 46.3 Å². The quantitative estimate of drug-likeness (QED) is 0.528. The number of methoxy groups -OCH3 is 2. The first-order chi connectivity index (χ1) is 15.1. The Balaban J connectivity index is 2.21. The van der Waals surface area contributed by atoms with Gasteiger partial charge >= 0.3 is 11.9 Å². The molecule has 2 N–H and O–H groups in total. The summed E-state index contributed by atoms with van der Waals surface area (Å²) in [5.41, 5.74) is 2.30. The molecule has 1 aromatic carbocycles. The summed E-state index contributed by atoms with van der Waals surface area (Å²) in [4.78, 5) is 39.1. The van der Waals surface area contributed by atoms with Crippen molar-refractivity contribution in [1.29, 1.82) is 0 Å². The van der Waals surface area contributed by atoms with E-state index in [1.165, 1.54) is 20.3 Å². The maximum absolute atomic E-state index is 13.6. The second-order valence-electron chi connectivity index (χ2n) is 8.42. The standard InChI is InChI=1S/C24H29NO7/c1-11(2)32-24(29)19-13(4)25-15-9-12(3)18(23(28)31-6)22(27)21(15)20(19)14-7-8-17(30-5)16(26)10-14/h7-8,10-12,18,20,25-26H,9H2,1-6H3/t12-,18+,20+/m1/s1. The Morgan fingerprint density at radius 2 is 1.91 bits per heavy atom. The minimum Gasteiger partial charge on any atom is -0.504 e. The summed E-state index contributed by atoms with van der Waals surface area (Å²) in [6, 6.07) is 4.72. The van der Waals surface area contributed by atoms with Gasteiger partial charge in [-0.05, 0) is 50.8 Å². The van der Waals surface area contributed by atoms with Crippen LogP contribution >= 0.6 is 0 Å². The molecule has 0 spiro atoms. The van der Waals surface area contributed by atoms with Crippen LogP contribution in [0.15, 0.2) is 40.7 Å². The number of hydrogen-bond donors (Lipinski definition) is 2. The Bertz CT molecular complexity index is 1020. The minimum atomic E-state index is -0.976. The largest absolute Gasteiger partial charge is 0.504 e. The van der Waals surface area contributed by atoms with E-state index in [-0.39, 0.29) is 29.1 Å². The molecular weight excluding hydrogens is 414 g/mol. The van der Waals surface area contributed by atoms with Crippen molar-refractivity contribution < 1.29 is 33.7 Å². The SMILES string of the molecule is COC(=O)[C@@H]1C(=O)C2=C(C[C@H]1C)NC(C)=C(C(=O)OC(C)C)[C@@H]2c1ccc(OC)c(O)c1. The van der Waals surface area contributed by atoms with Crippen LogP contribution in [0, 0.1) is 11.8 Å². The smallest absolute Gasteiger partial charge is 0.337 e. The van der Waals surface area contributed by atoms with Gasteiger partial charge in [-0.15, -0.1) is 0 Å². The second kappa shape index (κ2) is 9.06. The average molecular weight is 443 g/mol. The number of dihydropyridines is 1. The molecule has 0 saturated carbocycles. The molecular formula is C24H29NO7. The Kier molecular flexibility index (Phi) is 6.62. The van der Waals surface area contributed by atoms with E-state index in [1.807, 2.05) is 6.92 Å². The minimum absolute atomic E-state index is 0.124. The number of ether oxygens (including phenoxy) is 3. The molecule has 8 heteroatoms. The third-order valence-electron chi connectivity index (χ3n) is 5.84. The number of allylic oxidation sites excluding steroid dienone is 3. The van der Waals surface area contributed by atoms with Gasteiger partial charge in [0.2, 0.25) is 0 Å². The molecule has 0 saturated heterocycles. The van der Waals surface area contributed by atoms with E-state index in [4.69, 9.17) is 14.2 Å². The number of carbonyl (C=O) groups excluding carboxylic acids is 3. The lowest BCUT2D eigenvalue weighted by Crippen LogP contribution is -2.43. The second-order valence-corrected chi connectivity index (χ2v) is 8.42. The van der Waals surface area contributed by atoms with E-state index in [0.29, 0.717) is 29.0 Å². The molecule has 1 aromatic rings. The van der Waals surface area contributed by atoms with Crippen LogP contribution in [0.2, 0.25) is 0 Å². The lowest BCUT2D eigenvalue weighted by molar-refractivity contribution is -0.151. The molecule has 0 amide bonds. The number of hydrogen-bond acceptors (Lipinski definition) is 8. The summed E-state index contributed by atoms with van der Waals surface area (Å²) in [5.74, 6) is -3.51. The zero-order chi connectivity index (χ0) is 23.7. The highest BCUT2D eigenvalue weighted by Crippen LogP contribution is 2.46.